The largest absolute Gasteiger partial charge is 0.465 e. The van der Waals surface area contributed by atoms with E-state index in [1.165, 1.54) is 11.3 Å². The monoisotopic (exact) mass is 199 g/mol. The SMILES string of the molecule is CC(C)(C)N(Cc1nnco1)C(=O)O. The minimum absolute atomic E-state index is 0.110. The number of carbonyl (C=O) groups is 1. The number of amides is 1. The van der Waals surface area contributed by atoms with E-state index < -0.39 is 11.6 Å². The molecule has 0 bridgehead atoms. The van der Waals surface area contributed by atoms with E-state index in [0.717, 1.165) is 0 Å². The Morgan fingerprint density at radius 3 is 2.64 bits per heavy atom. The fraction of sp³-hybridized carbons (Fsp3) is 0.625. The Morgan fingerprint density at radius 2 is 2.29 bits per heavy atom. The van der Waals surface area contributed by atoms with Gasteiger partial charge in [0.05, 0.1) is 0 Å². The summed E-state index contributed by atoms with van der Waals surface area (Å²) in [5.74, 6) is 0.294. The topological polar surface area (TPSA) is 79.5 Å². The maximum Gasteiger partial charge on any atom is 0.408 e. The van der Waals surface area contributed by atoms with Gasteiger partial charge in [0.1, 0.15) is 6.54 Å². The van der Waals surface area contributed by atoms with Crippen molar-refractivity contribution in [3.63, 3.8) is 0 Å². The first-order chi connectivity index (χ1) is 6.41. The summed E-state index contributed by atoms with van der Waals surface area (Å²) in [4.78, 5) is 12.1. The molecule has 0 saturated heterocycles. The Balaban J connectivity index is 2.76. The first-order valence-corrected chi connectivity index (χ1v) is 4.17. The number of carboxylic acid groups (broad SMARTS) is 1. The van der Waals surface area contributed by atoms with Crippen LogP contribution in [0.2, 0.25) is 0 Å². The molecule has 1 heterocycles. The summed E-state index contributed by atoms with van der Waals surface area (Å²) in [5.41, 5.74) is -0.486. The average molecular weight is 199 g/mol. The molecule has 0 unspecified atom stereocenters. The Bertz CT molecular complexity index is 302. The molecule has 1 rings (SSSR count). The fourth-order valence-electron chi connectivity index (χ4n) is 0.992. The summed E-state index contributed by atoms with van der Waals surface area (Å²) in [5, 5.41) is 16.1. The van der Waals surface area contributed by atoms with Crippen molar-refractivity contribution in [2.24, 2.45) is 0 Å². The number of rotatable bonds is 2. The standard InChI is InChI=1S/C8H13N3O3/c1-8(2,3)11(7(12)13)4-6-10-9-5-14-6/h5H,4H2,1-3H3,(H,12,13). The van der Waals surface area contributed by atoms with Gasteiger partial charge in [-0.05, 0) is 20.8 Å². The van der Waals surface area contributed by atoms with Gasteiger partial charge in [-0.15, -0.1) is 10.2 Å². The van der Waals surface area contributed by atoms with Crippen LogP contribution in [0.4, 0.5) is 4.79 Å². The molecule has 0 radical (unpaired) electrons. The lowest BCUT2D eigenvalue weighted by Crippen LogP contribution is -2.44. The number of hydrogen-bond donors (Lipinski definition) is 1. The third-order valence-electron chi connectivity index (χ3n) is 1.74. The molecule has 78 valence electrons. The third-order valence-corrected chi connectivity index (χ3v) is 1.74. The molecule has 14 heavy (non-hydrogen) atoms. The van der Waals surface area contributed by atoms with Gasteiger partial charge >= 0.3 is 6.09 Å². The highest BCUT2D eigenvalue weighted by Gasteiger charge is 2.27. The smallest absolute Gasteiger partial charge is 0.408 e. The Labute approximate surface area is 81.5 Å². The lowest BCUT2D eigenvalue weighted by atomic mass is 10.1. The molecule has 1 N–H and O–H groups in total. The van der Waals surface area contributed by atoms with Crippen LogP contribution in [-0.4, -0.2) is 31.8 Å². The maximum atomic E-state index is 10.9. The van der Waals surface area contributed by atoms with Gasteiger partial charge in [0.15, 0.2) is 0 Å². The maximum absolute atomic E-state index is 10.9. The molecule has 6 nitrogen and oxygen atoms in total. The highest BCUT2D eigenvalue weighted by molar-refractivity contribution is 5.65. The van der Waals surface area contributed by atoms with Crippen LogP contribution in [-0.2, 0) is 6.54 Å². The zero-order valence-electron chi connectivity index (χ0n) is 8.39. The molecule has 0 aliphatic rings. The second-order valence-electron chi connectivity index (χ2n) is 3.87. The van der Waals surface area contributed by atoms with Gasteiger partial charge < -0.3 is 9.52 Å². The fourth-order valence-corrected chi connectivity index (χ4v) is 0.992. The van der Waals surface area contributed by atoms with E-state index in [4.69, 9.17) is 9.52 Å². The average Bonchev–Trinajstić information content (AvgIpc) is 2.48. The van der Waals surface area contributed by atoms with E-state index in [1.807, 2.05) is 0 Å². The van der Waals surface area contributed by atoms with Gasteiger partial charge in [0, 0.05) is 5.54 Å². The molecular weight excluding hydrogens is 186 g/mol. The lowest BCUT2D eigenvalue weighted by molar-refractivity contribution is 0.0894. The highest BCUT2D eigenvalue weighted by atomic mass is 16.4. The van der Waals surface area contributed by atoms with E-state index in [0.29, 0.717) is 5.89 Å². The van der Waals surface area contributed by atoms with Crippen molar-refractivity contribution in [3.05, 3.63) is 12.3 Å². The number of hydrogen-bond acceptors (Lipinski definition) is 4. The van der Waals surface area contributed by atoms with Crippen LogP contribution in [0.5, 0.6) is 0 Å². The van der Waals surface area contributed by atoms with E-state index in [2.05, 4.69) is 10.2 Å². The van der Waals surface area contributed by atoms with Crippen molar-refractivity contribution in [3.8, 4) is 0 Å². The van der Waals surface area contributed by atoms with E-state index in [-0.39, 0.29) is 6.54 Å². The quantitative estimate of drug-likeness (QED) is 0.777. The molecule has 1 aromatic rings. The van der Waals surface area contributed by atoms with Crippen LogP contribution in [0.3, 0.4) is 0 Å². The van der Waals surface area contributed by atoms with Crippen LogP contribution >= 0.6 is 0 Å². The first-order valence-electron chi connectivity index (χ1n) is 4.17. The van der Waals surface area contributed by atoms with Crippen molar-refractivity contribution in [1.29, 1.82) is 0 Å². The molecular formula is C8H13N3O3. The Hall–Kier alpha value is -1.59. The van der Waals surface area contributed by atoms with Gasteiger partial charge in [0.25, 0.3) is 0 Å². The van der Waals surface area contributed by atoms with Crippen LogP contribution in [0.1, 0.15) is 26.7 Å². The van der Waals surface area contributed by atoms with E-state index in [1.54, 1.807) is 20.8 Å². The van der Waals surface area contributed by atoms with Gasteiger partial charge in [-0.2, -0.15) is 0 Å². The van der Waals surface area contributed by atoms with Crippen LogP contribution < -0.4 is 0 Å². The van der Waals surface area contributed by atoms with Crippen molar-refractivity contribution in [2.45, 2.75) is 32.9 Å². The normalized spacial score (nSPS) is 11.4. The van der Waals surface area contributed by atoms with Crippen LogP contribution in [0.25, 0.3) is 0 Å². The van der Waals surface area contributed by atoms with Gasteiger partial charge in [-0.1, -0.05) is 0 Å². The van der Waals surface area contributed by atoms with Crippen molar-refractivity contribution < 1.29 is 14.3 Å². The van der Waals surface area contributed by atoms with Crippen molar-refractivity contribution in [1.82, 2.24) is 15.1 Å². The van der Waals surface area contributed by atoms with Gasteiger partial charge in [0.2, 0.25) is 12.3 Å². The summed E-state index contributed by atoms with van der Waals surface area (Å²) < 4.78 is 4.88. The second kappa shape index (κ2) is 3.65. The molecule has 6 heteroatoms. The zero-order chi connectivity index (χ0) is 10.8. The molecule has 0 atom stereocenters. The molecule has 0 aromatic carbocycles. The lowest BCUT2D eigenvalue weighted by Gasteiger charge is -2.31. The Morgan fingerprint density at radius 1 is 1.64 bits per heavy atom. The van der Waals surface area contributed by atoms with Gasteiger partial charge in [-0.25, -0.2) is 4.79 Å². The Kier molecular flexibility index (Phi) is 2.73. The predicted octanol–water partition coefficient (Wildman–Crippen LogP) is 1.35. The zero-order valence-corrected chi connectivity index (χ0v) is 8.39. The summed E-state index contributed by atoms with van der Waals surface area (Å²) in [6.45, 7) is 5.52. The van der Waals surface area contributed by atoms with Gasteiger partial charge in [-0.3, -0.25) is 4.90 Å². The van der Waals surface area contributed by atoms with Crippen LogP contribution in [0, 0.1) is 0 Å². The first kappa shape index (κ1) is 10.5. The molecule has 0 aliphatic carbocycles. The van der Waals surface area contributed by atoms with Crippen LogP contribution in [0.15, 0.2) is 10.8 Å². The minimum atomic E-state index is -1.00. The third kappa shape index (κ3) is 2.45. The second-order valence-corrected chi connectivity index (χ2v) is 3.87. The van der Waals surface area contributed by atoms with Crippen molar-refractivity contribution in [2.75, 3.05) is 0 Å². The molecule has 0 spiro atoms. The number of aromatic nitrogens is 2. The molecule has 0 fully saturated rings. The summed E-state index contributed by atoms with van der Waals surface area (Å²) in [6.07, 6.45) is 0.175. The predicted molar refractivity (Wildman–Crippen MR) is 47.6 cm³/mol. The summed E-state index contributed by atoms with van der Waals surface area (Å²) >= 11 is 0. The molecule has 1 amide bonds. The highest BCUT2D eigenvalue weighted by Crippen LogP contribution is 2.16. The molecule has 0 aliphatic heterocycles. The summed E-state index contributed by atoms with van der Waals surface area (Å²) in [7, 11) is 0. The number of nitrogens with zero attached hydrogens (tertiary/aromatic N) is 3. The molecule has 0 saturated carbocycles. The van der Waals surface area contributed by atoms with Crippen molar-refractivity contribution >= 4 is 6.09 Å². The van der Waals surface area contributed by atoms with E-state index in [9.17, 15) is 4.79 Å². The van der Waals surface area contributed by atoms with E-state index >= 15 is 0 Å². The minimum Gasteiger partial charge on any atom is -0.465 e. The summed E-state index contributed by atoms with van der Waals surface area (Å²) in [6, 6.07) is 0. The molecule has 1 aromatic heterocycles.